The summed E-state index contributed by atoms with van der Waals surface area (Å²) in [6.45, 7) is 0. The van der Waals surface area contributed by atoms with Crippen LogP contribution < -0.4 is 0 Å². The van der Waals surface area contributed by atoms with Crippen molar-refractivity contribution in [2.24, 2.45) is 0 Å². The maximum Gasteiger partial charge on any atom is 0.336 e. The molecule has 1 fully saturated rings. The molecule has 1 aromatic carbocycles. The van der Waals surface area contributed by atoms with Crippen LogP contribution in [0.1, 0.15) is 52.7 Å². The van der Waals surface area contributed by atoms with E-state index in [1.807, 2.05) is 0 Å². The summed E-state index contributed by atoms with van der Waals surface area (Å²) in [5.74, 6) is -0.195. The van der Waals surface area contributed by atoms with Crippen LogP contribution in [0.2, 0.25) is 10.0 Å². The number of rotatable bonds is 1. The highest BCUT2D eigenvalue weighted by molar-refractivity contribution is 6.38. The number of carbonyl (C=O) groups is 1. The quantitative estimate of drug-likeness (QED) is 0.837. The zero-order valence-electron chi connectivity index (χ0n) is 10.5. The minimum absolute atomic E-state index is 0.329. The number of aromatic carboxylic acids is 1. The number of nitrogens with zero attached hydrogens (tertiary/aromatic N) is 1. The summed E-state index contributed by atoms with van der Waals surface area (Å²) in [7, 11) is 0. The van der Waals surface area contributed by atoms with Gasteiger partial charge >= 0.3 is 5.97 Å². The molecule has 1 N–H and O–H groups in total. The molecule has 0 saturated heterocycles. The Kier molecular flexibility index (Phi) is 2.54. The molecule has 3 nitrogen and oxygen atoms in total. The summed E-state index contributed by atoms with van der Waals surface area (Å²) < 4.78 is 0. The molecule has 20 heavy (non-hydrogen) atoms. The number of halogens is 2. The molecule has 0 aliphatic heterocycles. The molecule has 0 radical (unpaired) electrons. The minimum Gasteiger partial charge on any atom is -0.478 e. The average molecular weight is 308 g/mol. The standard InChI is InChI=1S/C15H11Cl2NO2/c16-8-4-9-12(15(19)20)11-6-1-2-7(3-6)13(11)18-14(9)10(17)5-8/h4-7H,1-3H2,(H,19,20). The number of pyridine rings is 1. The largest absolute Gasteiger partial charge is 0.478 e. The second-order valence-corrected chi connectivity index (χ2v) is 6.43. The summed E-state index contributed by atoms with van der Waals surface area (Å²) in [4.78, 5) is 16.4. The lowest BCUT2D eigenvalue weighted by molar-refractivity contribution is 0.0697. The molecule has 2 aromatic rings. The van der Waals surface area contributed by atoms with E-state index in [0.29, 0.717) is 38.3 Å². The molecular formula is C15H11Cl2NO2. The predicted molar refractivity (Wildman–Crippen MR) is 78.1 cm³/mol. The van der Waals surface area contributed by atoms with Gasteiger partial charge in [-0.3, -0.25) is 4.98 Å². The Hall–Kier alpha value is -1.32. The van der Waals surface area contributed by atoms with E-state index in [2.05, 4.69) is 4.98 Å². The summed E-state index contributed by atoms with van der Waals surface area (Å²) in [6, 6.07) is 3.27. The molecule has 5 heteroatoms. The van der Waals surface area contributed by atoms with E-state index in [-0.39, 0.29) is 0 Å². The summed E-state index contributed by atoms with van der Waals surface area (Å²) in [5, 5.41) is 11.1. The maximum absolute atomic E-state index is 11.8. The Bertz CT molecular complexity index is 772. The Labute approximate surface area is 125 Å². The van der Waals surface area contributed by atoms with Crippen molar-refractivity contribution in [2.45, 2.75) is 31.1 Å². The van der Waals surface area contributed by atoms with Crippen LogP contribution in [0.25, 0.3) is 10.9 Å². The van der Waals surface area contributed by atoms with Crippen LogP contribution in [0, 0.1) is 0 Å². The fourth-order valence-corrected chi connectivity index (χ4v) is 4.31. The SMILES string of the molecule is O=C(O)c1c2c(nc3c(Cl)cc(Cl)cc13)C1CCC2C1. The third-order valence-electron chi connectivity index (χ3n) is 4.52. The Morgan fingerprint density at radius 1 is 1.25 bits per heavy atom. The van der Waals surface area contributed by atoms with Crippen molar-refractivity contribution in [2.75, 3.05) is 0 Å². The molecule has 2 unspecified atom stereocenters. The molecule has 2 bridgehead atoms. The number of hydrogen-bond acceptors (Lipinski definition) is 2. The first kappa shape index (κ1) is 12.4. The zero-order valence-corrected chi connectivity index (χ0v) is 12.0. The van der Waals surface area contributed by atoms with Gasteiger partial charge in [-0.15, -0.1) is 0 Å². The van der Waals surface area contributed by atoms with Crippen LogP contribution >= 0.6 is 23.2 Å². The lowest BCUT2D eigenvalue weighted by Crippen LogP contribution is -2.11. The van der Waals surface area contributed by atoms with Gasteiger partial charge in [-0.25, -0.2) is 4.79 Å². The maximum atomic E-state index is 11.8. The fourth-order valence-electron chi connectivity index (χ4n) is 3.77. The molecule has 2 aliphatic carbocycles. The second kappa shape index (κ2) is 4.09. The van der Waals surface area contributed by atoms with Gasteiger partial charge in [0.05, 0.1) is 16.1 Å². The van der Waals surface area contributed by atoms with E-state index in [1.54, 1.807) is 12.1 Å². The van der Waals surface area contributed by atoms with E-state index in [0.717, 1.165) is 30.5 Å². The normalized spacial score (nSPS) is 23.3. The highest BCUT2D eigenvalue weighted by Gasteiger charge is 2.41. The predicted octanol–water partition coefficient (Wildman–Crippen LogP) is 4.60. The highest BCUT2D eigenvalue weighted by Crippen LogP contribution is 2.54. The monoisotopic (exact) mass is 307 g/mol. The van der Waals surface area contributed by atoms with Gasteiger partial charge in [0, 0.05) is 22.0 Å². The van der Waals surface area contributed by atoms with Gasteiger partial charge < -0.3 is 5.11 Å². The Morgan fingerprint density at radius 2 is 2.00 bits per heavy atom. The number of benzene rings is 1. The van der Waals surface area contributed by atoms with E-state index < -0.39 is 5.97 Å². The van der Waals surface area contributed by atoms with E-state index in [1.165, 1.54) is 0 Å². The fraction of sp³-hybridized carbons (Fsp3) is 0.333. The third-order valence-corrected chi connectivity index (χ3v) is 5.02. The van der Waals surface area contributed by atoms with Crippen molar-refractivity contribution in [3.63, 3.8) is 0 Å². The molecule has 102 valence electrons. The van der Waals surface area contributed by atoms with Crippen molar-refractivity contribution < 1.29 is 9.90 Å². The smallest absolute Gasteiger partial charge is 0.336 e. The Balaban J connectivity index is 2.18. The van der Waals surface area contributed by atoms with Gasteiger partial charge in [-0.1, -0.05) is 23.2 Å². The van der Waals surface area contributed by atoms with Crippen molar-refractivity contribution in [3.8, 4) is 0 Å². The highest BCUT2D eigenvalue weighted by atomic mass is 35.5. The lowest BCUT2D eigenvalue weighted by atomic mass is 9.89. The van der Waals surface area contributed by atoms with Crippen molar-refractivity contribution in [1.29, 1.82) is 0 Å². The van der Waals surface area contributed by atoms with Gasteiger partial charge in [0.2, 0.25) is 0 Å². The zero-order chi connectivity index (χ0) is 14.0. The first-order valence-electron chi connectivity index (χ1n) is 6.62. The van der Waals surface area contributed by atoms with Crippen LogP contribution in [0.4, 0.5) is 0 Å². The van der Waals surface area contributed by atoms with Gasteiger partial charge in [0.15, 0.2) is 0 Å². The number of hydrogen-bond donors (Lipinski definition) is 1. The van der Waals surface area contributed by atoms with E-state index in [4.69, 9.17) is 23.2 Å². The molecular weight excluding hydrogens is 297 g/mol. The Morgan fingerprint density at radius 3 is 2.75 bits per heavy atom. The van der Waals surface area contributed by atoms with Crippen molar-refractivity contribution in [3.05, 3.63) is 39.0 Å². The molecule has 0 amide bonds. The summed E-state index contributed by atoms with van der Waals surface area (Å²) >= 11 is 12.2. The van der Waals surface area contributed by atoms with Gasteiger partial charge in [-0.05, 0) is 42.9 Å². The van der Waals surface area contributed by atoms with Crippen LogP contribution in [0.3, 0.4) is 0 Å². The molecule has 2 aliphatic rings. The molecule has 1 heterocycles. The van der Waals surface area contributed by atoms with Crippen LogP contribution in [0.15, 0.2) is 12.1 Å². The number of fused-ring (bicyclic) bond motifs is 6. The minimum atomic E-state index is -0.917. The van der Waals surface area contributed by atoms with Crippen molar-refractivity contribution >= 4 is 40.1 Å². The second-order valence-electron chi connectivity index (χ2n) is 5.58. The molecule has 1 saturated carbocycles. The van der Waals surface area contributed by atoms with E-state index >= 15 is 0 Å². The van der Waals surface area contributed by atoms with Gasteiger partial charge in [0.25, 0.3) is 0 Å². The third kappa shape index (κ3) is 1.54. The summed E-state index contributed by atoms with van der Waals surface area (Å²) in [6.07, 6.45) is 3.17. The molecule has 4 rings (SSSR count). The van der Waals surface area contributed by atoms with Crippen LogP contribution in [-0.2, 0) is 0 Å². The number of aromatic nitrogens is 1. The average Bonchev–Trinajstić information content (AvgIpc) is 2.97. The van der Waals surface area contributed by atoms with E-state index in [9.17, 15) is 9.90 Å². The first-order valence-corrected chi connectivity index (χ1v) is 7.37. The van der Waals surface area contributed by atoms with Gasteiger partial charge in [0.1, 0.15) is 0 Å². The summed E-state index contributed by atoms with van der Waals surface area (Å²) in [5.41, 5.74) is 2.76. The lowest BCUT2D eigenvalue weighted by Gasteiger charge is -2.19. The number of carboxylic acids is 1. The van der Waals surface area contributed by atoms with Gasteiger partial charge in [-0.2, -0.15) is 0 Å². The van der Waals surface area contributed by atoms with Crippen molar-refractivity contribution in [1.82, 2.24) is 4.98 Å². The topological polar surface area (TPSA) is 50.2 Å². The van der Waals surface area contributed by atoms with Crippen LogP contribution in [-0.4, -0.2) is 16.1 Å². The molecule has 1 aromatic heterocycles. The molecule has 0 spiro atoms. The molecule has 2 atom stereocenters. The van der Waals surface area contributed by atoms with Crippen LogP contribution in [0.5, 0.6) is 0 Å². The first-order chi connectivity index (χ1) is 9.56. The number of carboxylic acid groups (broad SMARTS) is 1.